The number of carbonyl (C=O) groups excluding carboxylic acids is 2. The summed E-state index contributed by atoms with van der Waals surface area (Å²) < 4.78 is 32.2. The van der Waals surface area contributed by atoms with Crippen LogP contribution in [0.3, 0.4) is 0 Å². The summed E-state index contributed by atoms with van der Waals surface area (Å²) in [5, 5.41) is 9.36. The normalized spacial score (nSPS) is 18.1. The quantitative estimate of drug-likeness (QED) is 0.342. The monoisotopic (exact) mass is 691 g/mol. The highest BCUT2D eigenvalue weighted by molar-refractivity contribution is 9.11. The molecule has 210 valence electrons. The van der Waals surface area contributed by atoms with Crippen molar-refractivity contribution in [3.05, 3.63) is 79.0 Å². The Morgan fingerprint density at radius 2 is 1.48 bits per heavy atom. The summed E-state index contributed by atoms with van der Waals surface area (Å²) in [5.41, 5.74) is 4.16. The van der Waals surface area contributed by atoms with Crippen molar-refractivity contribution in [3.8, 4) is 5.75 Å². The number of carboxylic acids is 1. The summed E-state index contributed by atoms with van der Waals surface area (Å²) in [6.07, 6.45) is 3.11. The Morgan fingerprint density at radius 1 is 0.950 bits per heavy atom. The summed E-state index contributed by atoms with van der Waals surface area (Å²) in [4.78, 5) is 40.2. The largest absolute Gasteiger partial charge is 0.481 e. The molecule has 0 amide bonds. The molecule has 40 heavy (non-hydrogen) atoms. The van der Waals surface area contributed by atoms with Gasteiger partial charge in [-0.2, -0.15) is 8.42 Å². The van der Waals surface area contributed by atoms with E-state index in [1.54, 1.807) is 24.3 Å². The maximum atomic E-state index is 13.4. The highest BCUT2D eigenvalue weighted by Crippen LogP contribution is 2.51. The molecule has 8 nitrogen and oxygen atoms in total. The molecule has 2 aromatic carbocycles. The summed E-state index contributed by atoms with van der Waals surface area (Å²) in [6, 6.07) is 9.72. The highest BCUT2D eigenvalue weighted by atomic mass is 79.9. The van der Waals surface area contributed by atoms with Crippen LogP contribution < -0.4 is 4.18 Å². The number of benzene rings is 2. The molecule has 1 aliphatic heterocycles. The molecule has 0 saturated heterocycles. The van der Waals surface area contributed by atoms with Crippen LogP contribution in [0.1, 0.15) is 62.0 Å². The molecule has 2 aliphatic carbocycles. The van der Waals surface area contributed by atoms with Gasteiger partial charge >= 0.3 is 16.1 Å². The fraction of sp³-hybridized carbons (Fsp3) is 0.345. The Labute approximate surface area is 249 Å². The van der Waals surface area contributed by atoms with E-state index in [2.05, 4.69) is 31.9 Å². The van der Waals surface area contributed by atoms with Crippen molar-refractivity contribution in [3.63, 3.8) is 0 Å². The molecule has 1 heterocycles. The van der Waals surface area contributed by atoms with Gasteiger partial charge in [-0.1, -0.05) is 17.7 Å². The van der Waals surface area contributed by atoms with Crippen molar-refractivity contribution in [1.82, 2.24) is 4.90 Å². The van der Waals surface area contributed by atoms with E-state index in [1.807, 2.05) is 11.8 Å². The number of ketones is 2. The smallest absolute Gasteiger partial charge is 0.339 e. The number of Topliss-reactive ketones (excluding diaryl/α,β-unsaturated/α-hetero) is 2. The van der Waals surface area contributed by atoms with E-state index in [9.17, 15) is 27.9 Å². The van der Waals surface area contributed by atoms with Crippen LogP contribution in [-0.4, -0.2) is 42.5 Å². The lowest BCUT2D eigenvalue weighted by molar-refractivity contribution is -0.137. The second-order valence-electron chi connectivity index (χ2n) is 10.2. The Bertz CT molecular complexity index is 1530. The SMILES string of the molecule is Cc1ccc(S(=O)(=O)Oc2c(Br)cc(C3C4=C(CCCC4=O)N(CCC(=O)O)C4=C3C(=O)CCC4)cc2Br)cc1. The molecule has 0 atom stereocenters. The zero-order valence-corrected chi connectivity index (χ0v) is 25.7. The van der Waals surface area contributed by atoms with E-state index in [-0.39, 0.29) is 35.2 Å². The van der Waals surface area contributed by atoms with Gasteiger partial charge in [0.1, 0.15) is 4.90 Å². The Hall–Kier alpha value is -2.76. The molecule has 0 bridgehead atoms. The summed E-state index contributed by atoms with van der Waals surface area (Å²) >= 11 is 6.93. The number of carboxylic acid groups (broad SMARTS) is 1. The van der Waals surface area contributed by atoms with Crippen molar-refractivity contribution in [1.29, 1.82) is 0 Å². The zero-order chi connectivity index (χ0) is 28.8. The van der Waals surface area contributed by atoms with Gasteiger partial charge in [0.25, 0.3) is 0 Å². The third-order valence-corrected chi connectivity index (χ3v) is 9.91. The predicted molar refractivity (Wildman–Crippen MR) is 154 cm³/mol. The van der Waals surface area contributed by atoms with Crippen molar-refractivity contribution in [2.45, 2.75) is 62.7 Å². The molecule has 5 rings (SSSR count). The van der Waals surface area contributed by atoms with Crippen LogP contribution in [0.5, 0.6) is 5.75 Å². The lowest BCUT2D eigenvalue weighted by atomic mass is 9.71. The number of hydrogen-bond donors (Lipinski definition) is 1. The Kier molecular flexibility index (Phi) is 8.09. The first-order chi connectivity index (χ1) is 19.0. The average Bonchev–Trinajstić information content (AvgIpc) is 2.89. The van der Waals surface area contributed by atoms with E-state index >= 15 is 0 Å². The molecular formula is C29H27Br2NO7S. The molecule has 0 aromatic heterocycles. The summed E-state index contributed by atoms with van der Waals surface area (Å²) in [5.74, 6) is -1.66. The highest BCUT2D eigenvalue weighted by Gasteiger charge is 2.43. The molecule has 2 aromatic rings. The molecule has 3 aliphatic rings. The van der Waals surface area contributed by atoms with Crippen molar-refractivity contribution in [2.75, 3.05) is 6.54 Å². The van der Waals surface area contributed by atoms with Crippen molar-refractivity contribution >= 4 is 59.5 Å². The molecular weight excluding hydrogens is 666 g/mol. The standard InChI is InChI=1S/C29H27Br2NO7S/c1-16-8-10-18(11-9-16)40(37,38)39-29-19(30)14-17(15-20(29)31)26-27-21(4-2-6-23(27)33)32(13-12-25(35)36)22-5-3-7-24(34)28(22)26/h8-11,14-15,26H,2-7,12-13H2,1H3,(H,35,36). The number of aryl methyl sites for hydroxylation is 1. The van der Waals surface area contributed by atoms with Crippen LogP contribution in [0.2, 0.25) is 0 Å². The van der Waals surface area contributed by atoms with Crippen molar-refractivity contribution in [2.24, 2.45) is 0 Å². The van der Waals surface area contributed by atoms with E-state index < -0.39 is 22.0 Å². The van der Waals surface area contributed by atoms with E-state index in [0.717, 1.165) is 17.0 Å². The lowest BCUT2D eigenvalue weighted by Gasteiger charge is -2.44. The van der Waals surface area contributed by atoms with Gasteiger partial charge in [-0.05, 0) is 94.3 Å². The van der Waals surface area contributed by atoms with Gasteiger partial charge in [0.2, 0.25) is 0 Å². The van der Waals surface area contributed by atoms with Gasteiger partial charge in [0.15, 0.2) is 17.3 Å². The lowest BCUT2D eigenvalue weighted by Crippen LogP contribution is -2.39. The van der Waals surface area contributed by atoms with Crippen LogP contribution in [0.4, 0.5) is 0 Å². The molecule has 0 spiro atoms. The number of hydrogen-bond acceptors (Lipinski definition) is 7. The van der Waals surface area contributed by atoms with Gasteiger partial charge in [-0.15, -0.1) is 0 Å². The number of carbonyl (C=O) groups is 3. The number of halogens is 2. The number of nitrogens with zero attached hydrogens (tertiary/aromatic N) is 1. The number of aliphatic carboxylic acids is 1. The van der Waals surface area contributed by atoms with Crippen LogP contribution in [0.15, 0.2) is 72.8 Å². The average molecular weight is 693 g/mol. The molecule has 0 unspecified atom stereocenters. The predicted octanol–water partition coefficient (Wildman–Crippen LogP) is 6.18. The second kappa shape index (κ2) is 11.3. The van der Waals surface area contributed by atoms with Gasteiger partial charge in [0.05, 0.1) is 15.4 Å². The Balaban J connectivity index is 1.60. The van der Waals surface area contributed by atoms with Gasteiger partial charge in [0, 0.05) is 47.8 Å². The van der Waals surface area contributed by atoms with E-state index in [4.69, 9.17) is 4.18 Å². The van der Waals surface area contributed by atoms with E-state index in [0.29, 0.717) is 64.2 Å². The number of allylic oxidation sites excluding steroid dienone is 4. The zero-order valence-electron chi connectivity index (χ0n) is 21.7. The summed E-state index contributed by atoms with van der Waals surface area (Å²) in [7, 11) is -4.13. The van der Waals surface area contributed by atoms with Gasteiger partial charge in [-0.25, -0.2) is 0 Å². The van der Waals surface area contributed by atoms with Crippen LogP contribution in [0, 0.1) is 6.92 Å². The minimum atomic E-state index is -4.13. The third kappa shape index (κ3) is 5.43. The fourth-order valence-electron chi connectivity index (χ4n) is 5.72. The van der Waals surface area contributed by atoms with Crippen LogP contribution >= 0.6 is 31.9 Å². The first-order valence-corrected chi connectivity index (χ1v) is 16.0. The number of rotatable bonds is 7. The minimum absolute atomic E-state index is 0.0138. The summed E-state index contributed by atoms with van der Waals surface area (Å²) in [6.45, 7) is 2.05. The maximum Gasteiger partial charge on any atom is 0.339 e. The minimum Gasteiger partial charge on any atom is -0.481 e. The van der Waals surface area contributed by atoms with Crippen molar-refractivity contribution < 1.29 is 32.1 Å². The van der Waals surface area contributed by atoms with Gasteiger partial charge < -0.3 is 14.2 Å². The van der Waals surface area contributed by atoms with Crippen LogP contribution in [0.25, 0.3) is 0 Å². The van der Waals surface area contributed by atoms with Gasteiger partial charge in [-0.3, -0.25) is 14.4 Å². The maximum absolute atomic E-state index is 13.4. The molecule has 1 N–H and O–H groups in total. The fourth-order valence-corrected chi connectivity index (χ4v) is 8.28. The Morgan fingerprint density at radius 3 is 1.98 bits per heavy atom. The first-order valence-electron chi connectivity index (χ1n) is 13.0. The molecule has 0 radical (unpaired) electrons. The third-order valence-electron chi connectivity index (χ3n) is 7.49. The molecule has 0 saturated carbocycles. The second-order valence-corrected chi connectivity index (χ2v) is 13.4. The van der Waals surface area contributed by atoms with Crippen LogP contribution in [-0.2, 0) is 24.5 Å². The topological polar surface area (TPSA) is 118 Å². The molecule has 0 fully saturated rings. The first kappa shape index (κ1) is 28.8. The van der Waals surface area contributed by atoms with E-state index in [1.165, 1.54) is 12.1 Å². The molecule has 11 heteroatoms.